The number of hydrogen-bond acceptors (Lipinski definition) is 3. The maximum Gasteiger partial charge on any atom is 0.407 e. The summed E-state index contributed by atoms with van der Waals surface area (Å²) >= 11 is 0. The predicted molar refractivity (Wildman–Crippen MR) is 71.5 cm³/mol. The molecular weight excluding hydrogens is 228 g/mol. The van der Waals surface area contributed by atoms with Crippen LogP contribution in [0.5, 0.6) is 0 Å². The Morgan fingerprint density at radius 2 is 2.17 bits per heavy atom. The second-order valence-electron chi connectivity index (χ2n) is 5.87. The van der Waals surface area contributed by atoms with Gasteiger partial charge in [0.15, 0.2) is 0 Å². The van der Waals surface area contributed by atoms with E-state index in [0.29, 0.717) is 12.0 Å². The third-order valence-corrected chi connectivity index (χ3v) is 4.53. The van der Waals surface area contributed by atoms with Crippen LogP contribution in [0.3, 0.4) is 0 Å². The van der Waals surface area contributed by atoms with Crippen LogP contribution in [0.4, 0.5) is 4.79 Å². The number of nitrogens with zero attached hydrogens (tertiary/aromatic N) is 1. The summed E-state index contributed by atoms with van der Waals surface area (Å²) in [6, 6.07) is 0.915. The number of carbonyl (C=O) groups excluding carboxylic acids is 1. The van der Waals surface area contributed by atoms with E-state index >= 15 is 0 Å². The molecule has 18 heavy (non-hydrogen) atoms. The molecule has 1 saturated carbocycles. The average molecular weight is 254 g/mol. The highest BCUT2D eigenvalue weighted by molar-refractivity contribution is 5.67. The molecule has 1 aliphatic carbocycles. The Bertz CT molecular complexity index is 292. The van der Waals surface area contributed by atoms with Gasteiger partial charge < -0.3 is 10.1 Å². The van der Waals surface area contributed by atoms with Crippen molar-refractivity contribution in [2.45, 2.75) is 51.6 Å². The average Bonchev–Trinajstić information content (AvgIpc) is 3.21. The SMILES string of the molecule is CCC1CC(NC(=O)OC)CN(C(C)C2CC2)C1. The first-order valence-electron chi connectivity index (χ1n) is 7.22. The first-order valence-corrected chi connectivity index (χ1v) is 7.22. The summed E-state index contributed by atoms with van der Waals surface area (Å²) in [5, 5.41) is 2.97. The van der Waals surface area contributed by atoms with Crippen LogP contribution in [0, 0.1) is 11.8 Å². The van der Waals surface area contributed by atoms with Gasteiger partial charge in [-0.25, -0.2) is 4.79 Å². The Hall–Kier alpha value is -0.770. The van der Waals surface area contributed by atoms with Crippen molar-refractivity contribution >= 4 is 6.09 Å². The molecule has 1 aliphatic heterocycles. The van der Waals surface area contributed by atoms with Crippen molar-refractivity contribution < 1.29 is 9.53 Å². The van der Waals surface area contributed by atoms with E-state index in [9.17, 15) is 4.79 Å². The molecule has 2 aliphatic rings. The molecule has 104 valence electrons. The van der Waals surface area contributed by atoms with Crippen molar-refractivity contribution in [3.8, 4) is 0 Å². The van der Waals surface area contributed by atoms with E-state index in [2.05, 4.69) is 24.1 Å². The van der Waals surface area contributed by atoms with Gasteiger partial charge in [0.1, 0.15) is 0 Å². The lowest BCUT2D eigenvalue weighted by Crippen LogP contribution is -2.53. The van der Waals surface area contributed by atoms with Crippen LogP contribution >= 0.6 is 0 Å². The fourth-order valence-electron chi connectivity index (χ4n) is 3.08. The minimum atomic E-state index is -0.296. The van der Waals surface area contributed by atoms with E-state index in [1.165, 1.54) is 32.9 Å². The van der Waals surface area contributed by atoms with Crippen molar-refractivity contribution in [2.24, 2.45) is 11.8 Å². The fourth-order valence-corrected chi connectivity index (χ4v) is 3.08. The highest BCUT2D eigenvalue weighted by Crippen LogP contribution is 2.36. The standard InChI is InChI=1S/C14H26N2O2/c1-4-11-7-13(15-14(17)18-3)9-16(8-11)10(2)12-5-6-12/h10-13H,4-9H2,1-3H3,(H,15,17). The van der Waals surface area contributed by atoms with Crippen LogP contribution in [0.25, 0.3) is 0 Å². The van der Waals surface area contributed by atoms with Crippen LogP contribution < -0.4 is 5.32 Å². The molecule has 0 bridgehead atoms. The van der Waals surface area contributed by atoms with Gasteiger partial charge >= 0.3 is 6.09 Å². The van der Waals surface area contributed by atoms with Crippen LogP contribution in [-0.4, -0.2) is 43.3 Å². The number of rotatable bonds is 4. The topological polar surface area (TPSA) is 41.6 Å². The lowest BCUT2D eigenvalue weighted by atomic mass is 9.90. The summed E-state index contributed by atoms with van der Waals surface area (Å²) in [5.74, 6) is 1.58. The Balaban J connectivity index is 1.92. The van der Waals surface area contributed by atoms with Crippen LogP contribution in [-0.2, 0) is 4.74 Å². The van der Waals surface area contributed by atoms with Gasteiger partial charge in [-0.05, 0) is 38.0 Å². The molecule has 3 unspecified atom stereocenters. The number of alkyl carbamates (subject to hydrolysis) is 1. The summed E-state index contributed by atoms with van der Waals surface area (Å²) < 4.78 is 4.71. The van der Waals surface area contributed by atoms with E-state index in [-0.39, 0.29) is 12.1 Å². The largest absolute Gasteiger partial charge is 0.453 e. The van der Waals surface area contributed by atoms with Gasteiger partial charge in [-0.2, -0.15) is 0 Å². The summed E-state index contributed by atoms with van der Waals surface area (Å²) in [6.45, 7) is 6.74. The molecule has 1 N–H and O–H groups in total. The third-order valence-electron chi connectivity index (χ3n) is 4.53. The second kappa shape index (κ2) is 5.91. The fraction of sp³-hybridized carbons (Fsp3) is 0.929. The van der Waals surface area contributed by atoms with Crippen molar-refractivity contribution in [2.75, 3.05) is 20.2 Å². The van der Waals surface area contributed by atoms with Crippen LogP contribution in [0.2, 0.25) is 0 Å². The summed E-state index contributed by atoms with van der Waals surface area (Å²) in [6.07, 6.45) is 4.73. The van der Waals surface area contributed by atoms with Gasteiger partial charge in [0.25, 0.3) is 0 Å². The number of amides is 1. The molecule has 0 aromatic carbocycles. The molecule has 3 atom stereocenters. The van der Waals surface area contributed by atoms with Crippen molar-refractivity contribution in [1.29, 1.82) is 0 Å². The molecule has 4 heteroatoms. The first kappa shape index (κ1) is 13.7. The monoisotopic (exact) mass is 254 g/mol. The van der Waals surface area contributed by atoms with E-state index in [0.717, 1.165) is 18.9 Å². The molecule has 4 nitrogen and oxygen atoms in total. The lowest BCUT2D eigenvalue weighted by Gasteiger charge is -2.41. The zero-order valence-corrected chi connectivity index (χ0v) is 11.8. The van der Waals surface area contributed by atoms with E-state index < -0.39 is 0 Å². The first-order chi connectivity index (χ1) is 8.63. The summed E-state index contributed by atoms with van der Waals surface area (Å²) in [5.41, 5.74) is 0. The van der Waals surface area contributed by atoms with Crippen molar-refractivity contribution in [3.63, 3.8) is 0 Å². The molecule has 0 spiro atoms. The van der Waals surface area contributed by atoms with Crippen molar-refractivity contribution in [3.05, 3.63) is 0 Å². The quantitative estimate of drug-likeness (QED) is 0.836. The molecular formula is C14H26N2O2. The molecule has 1 heterocycles. The molecule has 0 radical (unpaired) electrons. The number of methoxy groups -OCH3 is 1. The number of carbonyl (C=O) groups is 1. The number of nitrogens with one attached hydrogen (secondary N) is 1. The van der Waals surface area contributed by atoms with Gasteiger partial charge in [0, 0.05) is 25.2 Å². The zero-order chi connectivity index (χ0) is 13.1. The Kier molecular flexibility index (Phi) is 4.49. The predicted octanol–water partition coefficient (Wildman–Crippen LogP) is 2.24. The minimum Gasteiger partial charge on any atom is -0.453 e. The Labute approximate surface area is 110 Å². The van der Waals surface area contributed by atoms with Gasteiger partial charge in [-0.3, -0.25) is 4.90 Å². The minimum absolute atomic E-state index is 0.248. The maximum absolute atomic E-state index is 11.3. The molecule has 0 aromatic heterocycles. The molecule has 2 rings (SSSR count). The van der Waals surface area contributed by atoms with E-state index in [1.807, 2.05) is 0 Å². The molecule has 0 aromatic rings. The summed E-state index contributed by atoms with van der Waals surface area (Å²) in [7, 11) is 1.43. The Morgan fingerprint density at radius 1 is 1.44 bits per heavy atom. The summed E-state index contributed by atoms with van der Waals surface area (Å²) in [4.78, 5) is 13.9. The normalized spacial score (nSPS) is 30.8. The molecule has 1 saturated heterocycles. The van der Waals surface area contributed by atoms with Gasteiger partial charge in [0.05, 0.1) is 7.11 Å². The van der Waals surface area contributed by atoms with Gasteiger partial charge in [0.2, 0.25) is 0 Å². The molecule has 2 fully saturated rings. The number of piperidine rings is 1. The smallest absolute Gasteiger partial charge is 0.407 e. The van der Waals surface area contributed by atoms with Gasteiger partial charge in [-0.1, -0.05) is 13.3 Å². The Morgan fingerprint density at radius 3 is 2.72 bits per heavy atom. The number of likely N-dealkylation sites (tertiary alicyclic amines) is 1. The highest BCUT2D eigenvalue weighted by atomic mass is 16.5. The molecule has 1 amide bonds. The van der Waals surface area contributed by atoms with Gasteiger partial charge in [-0.15, -0.1) is 0 Å². The van der Waals surface area contributed by atoms with E-state index in [4.69, 9.17) is 4.74 Å². The van der Waals surface area contributed by atoms with Crippen LogP contribution in [0.1, 0.15) is 39.5 Å². The maximum atomic E-state index is 11.3. The van der Waals surface area contributed by atoms with Crippen LogP contribution in [0.15, 0.2) is 0 Å². The number of ether oxygens (including phenoxy) is 1. The zero-order valence-electron chi connectivity index (χ0n) is 11.8. The third kappa shape index (κ3) is 3.37. The second-order valence-corrected chi connectivity index (χ2v) is 5.87. The highest BCUT2D eigenvalue weighted by Gasteiger charge is 2.36. The lowest BCUT2D eigenvalue weighted by molar-refractivity contribution is 0.0882. The van der Waals surface area contributed by atoms with E-state index in [1.54, 1.807) is 0 Å². The number of hydrogen-bond donors (Lipinski definition) is 1. The van der Waals surface area contributed by atoms with Crippen molar-refractivity contribution in [1.82, 2.24) is 10.2 Å².